The molecule has 0 heterocycles. The largest absolute Gasteiger partial charge is 0.457 e. The van der Waals surface area contributed by atoms with E-state index >= 15 is 0 Å². The molecule has 176 valence electrons. The summed E-state index contributed by atoms with van der Waals surface area (Å²) >= 11 is 0. The monoisotopic (exact) mass is 482 g/mol. The first kappa shape index (κ1) is 23.7. The summed E-state index contributed by atoms with van der Waals surface area (Å²) in [7, 11) is 0. The van der Waals surface area contributed by atoms with Crippen molar-refractivity contribution in [1.29, 1.82) is 10.5 Å². The molecule has 0 saturated carbocycles. The zero-order valence-electron chi connectivity index (χ0n) is 18.5. The Labute approximate surface area is 204 Å². The van der Waals surface area contributed by atoms with E-state index in [9.17, 15) is 13.6 Å². The molecule has 4 aromatic rings. The van der Waals surface area contributed by atoms with Crippen molar-refractivity contribution in [2.24, 2.45) is 0 Å². The van der Waals surface area contributed by atoms with Crippen molar-refractivity contribution >= 4 is 17.4 Å². The maximum absolute atomic E-state index is 14.5. The van der Waals surface area contributed by atoms with E-state index in [1.807, 2.05) is 12.1 Å². The van der Waals surface area contributed by atoms with Gasteiger partial charge in [-0.1, -0.05) is 0 Å². The lowest BCUT2D eigenvalue weighted by molar-refractivity contribution is 0.262. The molecule has 0 radical (unpaired) electrons. The highest BCUT2D eigenvalue weighted by Gasteiger charge is 2.12. The van der Waals surface area contributed by atoms with E-state index in [2.05, 4.69) is 10.6 Å². The Morgan fingerprint density at radius 1 is 0.611 bits per heavy atom. The molecule has 2 N–H and O–H groups in total. The Morgan fingerprint density at radius 2 is 0.972 bits per heavy atom. The predicted molar refractivity (Wildman–Crippen MR) is 128 cm³/mol. The number of nitriles is 2. The van der Waals surface area contributed by atoms with Crippen molar-refractivity contribution in [3.63, 3.8) is 0 Å². The molecule has 0 aliphatic heterocycles. The van der Waals surface area contributed by atoms with E-state index in [-0.39, 0.29) is 22.9 Å². The number of ether oxygens (including phenoxy) is 2. The van der Waals surface area contributed by atoms with Gasteiger partial charge >= 0.3 is 6.03 Å². The number of amides is 2. The lowest BCUT2D eigenvalue weighted by atomic mass is 10.2. The fourth-order valence-electron chi connectivity index (χ4n) is 3.06. The van der Waals surface area contributed by atoms with Crippen molar-refractivity contribution in [2.75, 3.05) is 10.6 Å². The fraction of sp³-hybridized carbons (Fsp3) is 0. The van der Waals surface area contributed by atoms with E-state index in [4.69, 9.17) is 20.0 Å². The summed E-state index contributed by atoms with van der Waals surface area (Å²) in [5.74, 6) is -0.326. The SMILES string of the molecule is N#Cc1ccc(Oc2ccc(NC(=O)Nc3ccc(Oc4ccc(C#N)cc4)cc3F)c(F)c2)cc1. The number of carbonyl (C=O) groups is 1. The van der Waals surface area contributed by atoms with Gasteiger partial charge in [-0.15, -0.1) is 0 Å². The molecule has 0 aliphatic carbocycles. The molecule has 0 aliphatic rings. The van der Waals surface area contributed by atoms with Gasteiger partial charge in [0.2, 0.25) is 0 Å². The van der Waals surface area contributed by atoms with E-state index in [0.717, 1.165) is 12.1 Å². The number of nitrogens with zero attached hydrogens (tertiary/aromatic N) is 2. The van der Waals surface area contributed by atoms with Crippen molar-refractivity contribution in [3.05, 3.63) is 108 Å². The average molecular weight is 482 g/mol. The zero-order chi connectivity index (χ0) is 25.5. The summed E-state index contributed by atoms with van der Waals surface area (Å²) < 4.78 is 40.1. The van der Waals surface area contributed by atoms with E-state index in [0.29, 0.717) is 22.6 Å². The number of hydrogen-bond acceptors (Lipinski definition) is 5. The van der Waals surface area contributed by atoms with Crippen molar-refractivity contribution in [1.82, 2.24) is 0 Å². The number of carbonyl (C=O) groups excluding carboxylic acids is 1. The first-order valence-electron chi connectivity index (χ1n) is 10.5. The molecule has 0 unspecified atom stereocenters. The summed E-state index contributed by atoms with van der Waals surface area (Å²) in [6.45, 7) is 0. The molecule has 36 heavy (non-hydrogen) atoms. The second-order valence-electron chi connectivity index (χ2n) is 7.34. The topological polar surface area (TPSA) is 107 Å². The van der Waals surface area contributed by atoms with Crippen LogP contribution in [0, 0.1) is 34.3 Å². The molecule has 7 nitrogen and oxygen atoms in total. The van der Waals surface area contributed by atoms with Crippen molar-refractivity contribution < 1.29 is 23.0 Å². The van der Waals surface area contributed by atoms with Gasteiger partial charge in [-0.25, -0.2) is 13.6 Å². The smallest absolute Gasteiger partial charge is 0.323 e. The Kier molecular flexibility index (Phi) is 7.04. The zero-order valence-corrected chi connectivity index (χ0v) is 18.5. The van der Waals surface area contributed by atoms with Crippen molar-refractivity contribution in [2.45, 2.75) is 0 Å². The molecule has 0 saturated heterocycles. The molecule has 0 atom stereocenters. The fourth-order valence-corrected chi connectivity index (χ4v) is 3.06. The Hall–Kier alpha value is -5.41. The summed E-state index contributed by atoms with van der Waals surface area (Å²) in [6, 6.07) is 23.4. The van der Waals surface area contributed by atoms with E-state index in [1.54, 1.807) is 48.5 Å². The Balaban J connectivity index is 1.36. The highest BCUT2D eigenvalue weighted by Crippen LogP contribution is 2.28. The molecule has 0 fully saturated rings. The molecule has 2 amide bonds. The van der Waals surface area contributed by atoms with Gasteiger partial charge in [0.05, 0.1) is 34.6 Å². The Bertz CT molecular complexity index is 1380. The predicted octanol–water partition coefficient (Wildman–Crippen LogP) is 6.94. The molecule has 0 spiro atoms. The Morgan fingerprint density at radius 3 is 1.31 bits per heavy atom. The molecular weight excluding hydrogens is 466 g/mol. The molecule has 0 bridgehead atoms. The first-order valence-corrected chi connectivity index (χ1v) is 10.5. The number of nitrogens with one attached hydrogen (secondary N) is 2. The van der Waals surface area contributed by atoms with Gasteiger partial charge in [0.25, 0.3) is 0 Å². The number of anilines is 2. The van der Waals surface area contributed by atoms with Crippen LogP contribution < -0.4 is 20.1 Å². The van der Waals surface area contributed by atoms with Gasteiger partial charge < -0.3 is 20.1 Å². The van der Waals surface area contributed by atoms with Gasteiger partial charge in [0.1, 0.15) is 34.6 Å². The minimum absolute atomic E-state index is 0.138. The quantitative estimate of drug-likeness (QED) is 0.310. The third kappa shape index (κ3) is 5.93. The summed E-state index contributed by atoms with van der Waals surface area (Å²) in [4.78, 5) is 12.3. The minimum Gasteiger partial charge on any atom is -0.457 e. The van der Waals surface area contributed by atoms with Gasteiger partial charge in [0, 0.05) is 12.1 Å². The van der Waals surface area contributed by atoms with Crippen LogP contribution in [-0.4, -0.2) is 6.03 Å². The lowest BCUT2D eigenvalue weighted by Gasteiger charge is -2.12. The van der Waals surface area contributed by atoms with Crippen LogP contribution in [0.4, 0.5) is 25.0 Å². The number of halogens is 2. The standard InChI is InChI=1S/C27H16F2N4O3/c28-23-13-21(35-19-5-1-17(15-30)2-6-19)9-11-25(23)32-27(34)33-26-12-10-22(14-24(26)29)36-20-7-3-18(16-31)4-8-20/h1-14H,(H2,32,33,34). The average Bonchev–Trinajstić information content (AvgIpc) is 2.88. The maximum atomic E-state index is 14.5. The molecule has 9 heteroatoms. The van der Waals surface area contributed by atoms with Crippen LogP contribution in [-0.2, 0) is 0 Å². The lowest BCUT2D eigenvalue weighted by Crippen LogP contribution is -2.20. The molecule has 4 rings (SSSR count). The second-order valence-corrected chi connectivity index (χ2v) is 7.34. The first-order chi connectivity index (χ1) is 17.4. The summed E-state index contributed by atoms with van der Waals surface area (Å²) in [5.41, 5.74) is 0.648. The molecule has 0 aromatic heterocycles. The summed E-state index contributed by atoms with van der Waals surface area (Å²) in [6.07, 6.45) is 0. The van der Waals surface area contributed by atoms with Crippen LogP contribution in [0.3, 0.4) is 0 Å². The van der Waals surface area contributed by atoms with Crippen LogP contribution in [0.25, 0.3) is 0 Å². The number of urea groups is 1. The van der Waals surface area contributed by atoms with Crippen LogP contribution >= 0.6 is 0 Å². The van der Waals surface area contributed by atoms with Crippen LogP contribution in [0.15, 0.2) is 84.9 Å². The molecular formula is C27H16F2N4O3. The normalized spacial score (nSPS) is 10.0. The third-order valence-corrected chi connectivity index (χ3v) is 4.82. The number of benzene rings is 4. The van der Waals surface area contributed by atoms with Gasteiger partial charge in [-0.2, -0.15) is 10.5 Å². The van der Waals surface area contributed by atoms with Gasteiger partial charge in [-0.05, 0) is 72.8 Å². The maximum Gasteiger partial charge on any atom is 0.323 e. The van der Waals surface area contributed by atoms with Gasteiger partial charge in [0.15, 0.2) is 0 Å². The van der Waals surface area contributed by atoms with Crippen LogP contribution in [0.2, 0.25) is 0 Å². The second kappa shape index (κ2) is 10.7. The highest BCUT2D eigenvalue weighted by atomic mass is 19.1. The highest BCUT2D eigenvalue weighted by molar-refractivity contribution is 6.00. The number of hydrogen-bond donors (Lipinski definition) is 2. The number of rotatable bonds is 6. The third-order valence-electron chi connectivity index (χ3n) is 4.82. The van der Waals surface area contributed by atoms with Crippen LogP contribution in [0.5, 0.6) is 23.0 Å². The van der Waals surface area contributed by atoms with Gasteiger partial charge in [-0.3, -0.25) is 0 Å². The van der Waals surface area contributed by atoms with E-state index in [1.165, 1.54) is 24.3 Å². The summed E-state index contributed by atoms with van der Waals surface area (Å²) in [5, 5.41) is 22.3. The minimum atomic E-state index is -0.852. The van der Waals surface area contributed by atoms with Crippen molar-refractivity contribution in [3.8, 4) is 35.1 Å². The van der Waals surface area contributed by atoms with Crippen LogP contribution in [0.1, 0.15) is 11.1 Å². The molecule has 4 aromatic carbocycles. The van der Waals surface area contributed by atoms with E-state index < -0.39 is 17.7 Å².